The first kappa shape index (κ1) is 25.4. The van der Waals surface area contributed by atoms with Crippen molar-refractivity contribution in [2.75, 3.05) is 40.4 Å². The van der Waals surface area contributed by atoms with Gasteiger partial charge in [-0.15, -0.1) is 0 Å². The molecule has 1 spiro atoms. The quantitative estimate of drug-likeness (QED) is 0.719. The Morgan fingerprint density at radius 1 is 1.29 bits per heavy atom. The first-order valence-electron chi connectivity index (χ1n) is 9.63. The van der Waals surface area contributed by atoms with E-state index in [4.69, 9.17) is 31.0 Å². The van der Waals surface area contributed by atoms with Gasteiger partial charge in [0.1, 0.15) is 6.61 Å². The normalized spacial score (nSPS) is 20.4. The van der Waals surface area contributed by atoms with Crippen LogP contribution in [0.15, 0.2) is 24.3 Å². The second-order valence-electron chi connectivity index (χ2n) is 7.82. The van der Waals surface area contributed by atoms with Crippen molar-refractivity contribution in [3.63, 3.8) is 0 Å². The number of hydrogen-bond donors (Lipinski definition) is 1. The number of rotatable bonds is 5. The van der Waals surface area contributed by atoms with Crippen LogP contribution in [-0.2, 0) is 25.6 Å². The van der Waals surface area contributed by atoms with E-state index in [1.807, 2.05) is 12.1 Å². The van der Waals surface area contributed by atoms with Crippen molar-refractivity contribution in [2.24, 2.45) is 0 Å². The molecule has 2 saturated heterocycles. The van der Waals surface area contributed by atoms with Gasteiger partial charge in [-0.05, 0) is 24.1 Å². The zero-order valence-electron chi connectivity index (χ0n) is 17.3. The van der Waals surface area contributed by atoms with Crippen LogP contribution < -0.4 is 0 Å². The molecule has 11 heteroatoms. The summed E-state index contributed by atoms with van der Waals surface area (Å²) in [7, 11) is 3.50. The number of carbonyl (C=O) groups excluding carboxylic acids is 1. The molecule has 1 atom stereocenters. The van der Waals surface area contributed by atoms with E-state index in [0.29, 0.717) is 6.61 Å². The van der Waals surface area contributed by atoms with E-state index in [1.165, 1.54) is 5.56 Å². The molecule has 1 N–H and O–H groups in total. The van der Waals surface area contributed by atoms with Crippen LogP contribution >= 0.6 is 11.6 Å². The van der Waals surface area contributed by atoms with Crippen molar-refractivity contribution >= 4 is 23.5 Å². The number of hydrogen-bond acceptors (Lipinski definition) is 5. The Bertz CT molecular complexity index is 752. The molecule has 2 aliphatic heterocycles. The Balaban J connectivity index is 0.000000423. The third-order valence-electron chi connectivity index (χ3n) is 4.97. The number of nitrogens with zero attached hydrogens (tertiary/aromatic N) is 2. The molecule has 174 valence electrons. The fourth-order valence-electron chi connectivity index (χ4n) is 3.39. The van der Waals surface area contributed by atoms with E-state index in [1.54, 1.807) is 19.0 Å². The molecule has 31 heavy (non-hydrogen) atoms. The van der Waals surface area contributed by atoms with Crippen LogP contribution in [0.3, 0.4) is 0 Å². The monoisotopic (exact) mass is 466 g/mol. The average Bonchev–Trinajstić information content (AvgIpc) is 2.66. The van der Waals surface area contributed by atoms with Crippen LogP contribution in [-0.4, -0.2) is 85.1 Å². The maximum atomic E-state index is 11.7. The molecule has 0 radical (unpaired) electrons. The molecule has 2 fully saturated rings. The van der Waals surface area contributed by atoms with Gasteiger partial charge in [-0.1, -0.05) is 23.7 Å². The van der Waals surface area contributed by atoms with Gasteiger partial charge in [0.15, 0.2) is 0 Å². The summed E-state index contributed by atoms with van der Waals surface area (Å²) in [5.41, 5.74) is 1.16. The molecule has 2 heterocycles. The molecule has 0 bridgehead atoms. The summed E-state index contributed by atoms with van der Waals surface area (Å²) >= 11 is 5.93. The molecule has 7 nitrogen and oxygen atoms in total. The highest BCUT2D eigenvalue weighted by Gasteiger charge is 2.47. The number of benzene rings is 1. The van der Waals surface area contributed by atoms with Crippen LogP contribution in [0.2, 0.25) is 5.02 Å². The fourth-order valence-corrected chi connectivity index (χ4v) is 3.52. The van der Waals surface area contributed by atoms with E-state index in [-0.39, 0.29) is 24.2 Å². The first-order valence-corrected chi connectivity index (χ1v) is 10.0. The lowest BCUT2D eigenvalue weighted by Gasteiger charge is -2.53. The lowest BCUT2D eigenvalue weighted by Crippen LogP contribution is -2.65. The van der Waals surface area contributed by atoms with E-state index >= 15 is 0 Å². The Kier molecular flexibility index (Phi) is 8.70. The topological polar surface area (TPSA) is 79.3 Å². The second-order valence-corrected chi connectivity index (χ2v) is 8.26. The van der Waals surface area contributed by atoms with E-state index in [9.17, 15) is 18.0 Å². The molecule has 1 unspecified atom stereocenters. The van der Waals surface area contributed by atoms with Crippen LogP contribution in [0, 0.1) is 0 Å². The number of likely N-dealkylation sites (N-methyl/N-ethyl adjacent to an activating group) is 1. The second kappa shape index (κ2) is 10.6. The Morgan fingerprint density at radius 3 is 2.39 bits per heavy atom. The zero-order valence-corrected chi connectivity index (χ0v) is 18.1. The molecule has 0 aromatic heterocycles. The highest BCUT2D eigenvalue weighted by atomic mass is 35.5. The molecular weight excluding hydrogens is 441 g/mol. The minimum absolute atomic E-state index is 0.00789. The summed E-state index contributed by atoms with van der Waals surface area (Å²) < 4.78 is 43.6. The number of carboxylic acid groups (broad SMARTS) is 1. The van der Waals surface area contributed by atoms with Gasteiger partial charge in [0.05, 0.1) is 11.7 Å². The largest absolute Gasteiger partial charge is 0.490 e. The maximum absolute atomic E-state index is 11.7. The predicted molar refractivity (Wildman–Crippen MR) is 107 cm³/mol. The predicted octanol–water partition coefficient (Wildman–Crippen LogP) is 2.81. The Labute approximate surface area is 183 Å². The minimum atomic E-state index is -5.08. The third kappa shape index (κ3) is 7.95. The van der Waals surface area contributed by atoms with Gasteiger partial charge in [-0.25, -0.2) is 4.79 Å². The number of aliphatic carboxylic acids is 1. The summed E-state index contributed by atoms with van der Waals surface area (Å²) in [6.45, 7) is 3.60. The highest BCUT2D eigenvalue weighted by molar-refractivity contribution is 6.30. The van der Waals surface area contributed by atoms with Gasteiger partial charge < -0.3 is 19.5 Å². The van der Waals surface area contributed by atoms with Gasteiger partial charge in [0, 0.05) is 51.8 Å². The van der Waals surface area contributed by atoms with Crippen molar-refractivity contribution < 1.29 is 37.3 Å². The molecule has 1 amide bonds. The summed E-state index contributed by atoms with van der Waals surface area (Å²) in [5, 5.41) is 7.89. The van der Waals surface area contributed by atoms with Gasteiger partial charge in [-0.2, -0.15) is 13.2 Å². The van der Waals surface area contributed by atoms with Crippen LogP contribution in [0.1, 0.15) is 18.4 Å². The number of carboxylic acids is 1. The lowest BCUT2D eigenvalue weighted by molar-refractivity contribution is -0.200. The molecule has 0 saturated carbocycles. The minimum Gasteiger partial charge on any atom is -0.475 e. The molecule has 3 rings (SSSR count). The number of carbonyl (C=O) groups is 2. The van der Waals surface area contributed by atoms with Crippen molar-refractivity contribution in [3.8, 4) is 0 Å². The van der Waals surface area contributed by atoms with Gasteiger partial charge in [-0.3, -0.25) is 9.69 Å². The summed E-state index contributed by atoms with van der Waals surface area (Å²) in [6.07, 6.45) is -3.25. The SMILES string of the molecule is CN(C)C(=O)COC1CCOC2(C1)CN(Cc1ccc(Cl)cc1)C2.O=C(O)C(F)(F)F. The van der Waals surface area contributed by atoms with E-state index in [2.05, 4.69) is 17.0 Å². The lowest BCUT2D eigenvalue weighted by atomic mass is 9.84. The van der Waals surface area contributed by atoms with Gasteiger partial charge >= 0.3 is 12.1 Å². The molecule has 0 aliphatic carbocycles. The number of likely N-dealkylation sites (tertiary alicyclic amines) is 1. The molecule has 2 aliphatic rings. The van der Waals surface area contributed by atoms with E-state index in [0.717, 1.165) is 37.5 Å². The van der Waals surface area contributed by atoms with Gasteiger partial charge in [0.2, 0.25) is 5.91 Å². The number of alkyl halides is 3. The van der Waals surface area contributed by atoms with Crippen molar-refractivity contribution in [2.45, 2.75) is 37.3 Å². The standard InChI is InChI=1S/C18H25ClN2O3.C2HF3O2/c1-20(2)17(22)11-23-16-7-8-24-18(9-16)12-21(13-18)10-14-3-5-15(19)6-4-14;3-2(4,5)1(6)7/h3-6,16H,7-13H2,1-2H3;(H,6,7). The number of ether oxygens (including phenoxy) is 2. The average molecular weight is 467 g/mol. The molecule has 1 aromatic carbocycles. The van der Waals surface area contributed by atoms with Crippen LogP contribution in [0.5, 0.6) is 0 Å². The smallest absolute Gasteiger partial charge is 0.475 e. The third-order valence-corrected chi connectivity index (χ3v) is 5.23. The zero-order chi connectivity index (χ0) is 23.2. The van der Waals surface area contributed by atoms with Crippen molar-refractivity contribution in [3.05, 3.63) is 34.9 Å². The summed E-state index contributed by atoms with van der Waals surface area (Å²) in [4.78, 5) is 24.5. The summed E-state index contributed by atoms with van der Waals surface area (Å²) in [6, 6.07) is 7.98. The Morgan fingerprint density at radius 2 is 1.87 bits per heavy atom. The van der Waals surface area contributed by atoms with Crippen LogP contribution in [0.4, 0.5) is 13.2 Å². The number of halogens is 4. The Hall–Kier alpha value is -1.88. The van der Waals surface area contributed by atoms with Gasteiger partial charge in [0.25, 0.3) is 0 Å². The first-order chi connectivity index (χ1) is 14.4. The van der Waals surface area contributed by atoms with Crippen molar-refractivity contribution in [1.29, 1.82) is 0 Å². The highest BCUT2D eigenvalue weighted by Crippen LogP contribution is 2.36. The van der Waals surface area contributed by atoms with E-state index < -0.39 is 12.1 Å². The molecular formula is C20H26ClF3N2O5. The van der Waals surface area contributed by atoms with Crippen LogP contribution in [0.25, 0.3) is 0 Å². The maximum Gasteiger partial charge on any atom is 0.490 e. The molecule has 1 aromatic rings. The fraction of sp³-hybridized carbons (Fsp3) is 0.600. The number of amides is 1. The summed E-state index contributed by atoms with van der Waals surface area (Å²) in [5.74, 6) is -2.75. The van der Waals surface area contributed by atoms with Crippen molar-refractivity contribution in [1.82, 2.24) is 9.80 Å².